The van der Waals surface area contributed by atoms with Crippen LogP contribution in [0.3, 0.4) is 0 Å². The second-order valence-corrected chi connectivity index (χ2v) is 3.99. The van der Waals surface area contributed by atoms with Crippen LogP contribution in [-0.4, -0.2) is 21.1 Å². The summed E-state index contributed by atoms with van der Waals surface area (Å²) in [4.78, 5) is 15.8. The summed E-state index contributed by atoms with van der Waals surface area (Å²) in [5.41, 5.74) is 9.19. The van der Waals surface area contributed by atoms with E-state index in [0.29, 0.717) is 17.8 Å². The van der Waals surface area contributed by atoms with Gasteiger partial charge in [-0.3, -0.25) is 9.89 Å². The first-order valence-electron chi connectivity index (χ1n) is 4.64. The molecular formula is C9H11N5OS. The fourth-order valence-electron chi connectivity index (χ4n) is 1.32. The van der Waals surface area contributed by atoms with Crippen molar-refractivity contribution in [3.63, 3.8) is 0 Å². The van der Waals surface area contributed by atoms with Gasteiger partial charge >= 0.3 is 0 Å². The van der Waals surface area contributed by atoms with Gasteiger partial charge in [0.2, 0.25) is 0 Å². The van der Waals surface area contributed by atoms with Crippen LogP contribution in [0.25, 0.3) is 0 Å². The third-order valence-electron chi connectivity index (χ3n) is 2.12. The van der Waals surface area contributed by atoms with Crippen LogP contribution < -0.4 is 11.1 Å². The van der Waals surface area contributed by atoms with E-state index in [0.717, 1.165) is 5.69 Å². The van der Waals surface area contributed by atoms with Gasteiger partial charge in [-0.25, -0.2) is 4.98 Å². The Labute approximate surface area is 95.9 Å². The van der Waals surface area contributed by atoms with Crippen LogP contribution in [0.4, 0.5) is 5.82 Å². The molecule has 84 valence electrons. The molecule has 2 aromatic heterocycles. The number of nitrogens with one attached hydrogen (secondary N) is 2. The average molecular weight is 237 g/mol. The van der Waals surface area contributed by atoms with Crippen molar-refractivity contribution < 1.29 is 4.79 Å². The van der Waals surface area contributed by atoms with Gasteiger partial charge in [0.1, 0.15) is 5.56 Å². The number of amides is 1. The normalized spacial score (nSPS) is 10.3. The Hall–Kier alpha value is -1.89. The molecule has 0 fully saturated rings. The first-order valence-corrected chi connectivity index (χ1v) is 5.58. The van der Waals surface area contributed by atoms with Gasteiger partial charge in [0.05, 0.1) is 17.7 Å². The summed E-state index contributed by atoms with van der Waals surface area (Å²) in [5, 5.41) is 11.0. The number of thiazole rings is 1. The van der Waals surface area contributed by atoms with Gasteiger partial charge in [0.25, 0.3) is 5.91 Å². The summed E-state index contributed by atoms with van der Waals surface area (Å²) < 4.78 is 0. The molecule has 7 heteroatoms. The Kier molecular flexibility index (Phi) is 2.86. The predicted octanol–water partition coefficient (Wildman–Crippen LogP) is 0.687. The number of anilines is 1. The molecule has 2 aromatic rings. The van der Waals surface area contributed by atoms with Crippen LogP contribution in [0.5, 0.6) is 0 Å². The molecule has 0 saturated heterocycles. The van der Waals surface area contributed by atoms with Gasteiger partial charge in [-0.15, -0.1) is 11.3 Å². The number of nitrogens with zero attached hydrogens (tertiary/aromatic N) is 2. The Morgan fingerprint density at radius 1 is 1.69 bits per heavy atom. The van der Waals surface area contributed by atoms with Crippen LogP contribution in [0, 0.1) is 6.92 Å². The van der Waals surface area contributed by atoms with E-state index in [2.05, 4.69) is 20.5 Å². The van der Waals surface area contributed by atoms with Gasteiger partial charge < -0.3 is 11.1 Å². The van der Waals surface area contributed by atoms with Crippen LogP contribution in [0.2, 0.25) is 0 Å². The van der Waals surface area contributed by atoms with E-state index < -0.39 is 0 Å². The van der Waals surface area contributed by atoms with Crippen molar-refractivity contribution in [3.05, 3.63) is 27.8 Å². The van der Waals surface area contributed by atoms with Crippen molar-refractivity contribution >= 4 is 23.1 Å². The van der Waals surface area contributed by atoms with Crippen molar-refractivity contribution in [3.8, 4) is 0 Å². The van der Waals surface area contributed by atoms with Crippen LogP contribution in [0.15, 0.2) is 10.9 Å². The SMILES string of the molecule is Cc1[nH]nc(N)c1C(=O)NCc1cscn1. The molecular weight excluding hydrogens is 226 g/mol. The third-order valence-corrected chi connectivity index (χ3v) is 2.75. The van der Waals surface area contributed by atoms with Crippen LogP contribution in [-0.2, 0) is 6.54 Å². The largest absolute Gasteiger partial charge is 0.382 e. The van der Waals surface area contributed by atoms with Gasteiger partial charge in [-0.2, -0.15) is 5.10 Å². The molecule has 2 heterocycles. The molecule has 0 aliphatic heterocycles. The fourth-order valence-corrected chi connectivity index (χ4v) is 1.88. The quantitative estimate of drug-likeness (QED) is 0.731. The van der Waals surface area contributed by atoms with Gasteiger partial charge in [-0.1, -0.05) is 0 Å². The number of carbonyl (C=O) groups is 1. The zero-order valence-electron chi connectivity index (χ0n) is 8.65. The van der Waals surface area contributed by atoms with Gasteiger partial charge in [-0.05, 0) is 6.92 Å². The molecule has 0 saturated carbocycles. The summed E-state index contributed by atoms with van der Waals surface area (Å²) in [6.07, 6.45) is 0. The number of aryl methyl sites for hydroxylation is 1. The first-order chi connectivity index (χ1) is 7.68. The maximum absolute atomic E-state index is 11.8. The van der Waals surface area contributed by atoms with E-state index in [1.807, 2.05) is 5.38 Å². The first kappa shape index (κ1) is 10.6. The number of carbonyl (C=O) groups excluding carboxylic acids is 1. The second-order valence-electron chi connectivity index (χ2n) is 3.27. The molecule has 6 nitrogen and oxygen atoms in total. The predicted molar refractivity (Wildman–Crippen MR) is 61.0 cm³/mol. The minimum absolute atomic E-state index is 0.216. The highest BCUT2D eigenvalue weighted by atomic mass is 32.1. The lowest BCUT2D eigenvalue weighted by molar-refractivity contribution is 0.0951. The van der Waals surface area contributed by atoms with E-state index in [1.165, 1.54) is 11.3 Å². The van der Waals surface area contributed by atoms with Crippen molar-refractivity contribution in [1.82, 2.24) is 20.5 Å². The molecule has 16 heavy (non-hydrogen) atoms. The lowest BCUT2D eigenvalue weighted by Gasteiger charge is -2.02. The molecule has 0 unspecified atom stereocenters. The Morgan fingerprint density at radius 2 is 2.50 bits per heavy atom. The van der Waals surface area contributed by atoms with Crippen molar-refractivity contribution in [1.29, 1.82) is 0 Å². The highest BCUT2D eigenvalue weighted by Gasteiger charge is 2.15. The standard InChI is InChI=1S/C9H11N5OS/c1-5-7(8(10)14-13-5)9(15)11-2-6-3-16-4-12-6/h3-4H,2H2,1H3,(H,11,15)(H3,10,13,14). The number of nitrogens with two attached hydrogens (primary N) is 1. The lowest BCUT2D eigenvalue weighted by Crippen LogP contribution is -2.24. The molecule has 1 amide bonds. The summed E-state index contributed by atoms with van der Waals surface area (Å²) >= 11 is 1.49. The number of rotatable bonds is 3. The monoisotopic (exact) mass is 237 g/mol. The van der Waals surface area contributed by atoms with Gasteiger partial charge in [0, 0.05) is 11.1 Å². The molecule has 0 radical (unpaired) electrons. The number of hydrogen-bond donors (Lipinski definition) is 3. The van der Waals surface area contributed by atoms with Gasteiger partial charge in [0.15, 0.2) is 5.82 Å². The smallest absolute Gasteiger partial charge is 0.257 e. The third kappa shape index (κ3) is 2.03. The summed E-state index contributed by atoms with van der Waals surface area (Å²) in [6, 6.07) is 0. The van der Waals surface area contributed by atoms with E-state index >= 15 is 0 Å². The lowest BCUT2D eigenvalue weighted by atomic mass is 10.2. The minimum Gasteiger partial charge on any atom is -0.382 e. The van der Waals surface area contributed by atoms with E-state index in [-0.39, 0.29) is 11.7 Å². The maximum atomic E-state index is 11.8. The minimum atomic E-state index is -0.239. The Balaban J connectivity index is 2.04. The highest BCUT2D eigenvalue weighted by Crippen LogP contribution is 2.12. The number of aromatic amines is 1. The molecule has 0 aliphatic carbocycles. The van der Waals surface area contributed by atoms with Crippen molar-refractivity contribution in [2.45, 2.75) is 13.5 Å². The van der Waals surface area contributed by atoms with E-state index in [1.54, 1.807) is 12.4 Å². The highest BCUT2D eigenvalue weighted by molar-refractivity contribution is 7.07. The van der Waals surface area contributed by atoms with Crippen LogP contribution in [0.1, 0.15) is 21.7 Å². The van der Waals surface area contributed by atoms with Crippen molar-refractivity contribution in [2.75, 3.05) is 5.73 Å². The van der Waals surface area contributed by atoms with E-state index in [4.69, 9.17) is 5.73 Å². The van der Waals surface area contributed by atoms with Crippen LogP contribution >= 0.6 is 11.3 Å². The molecule has 0 bridgehead atoms. The number of nitrogen functional groups attached to an aromatic ring is 1. The Bertz CT molecular complexity index is 470. The van der Waals surface area contributed by atoms with E-state index in [9.17, 15) is 4.79 Å². The molecule has 4 N–H and O–H groups in total. The van der Waals surface area contributed by atoms with Crippen molar-refractivity contribution in [2.24, 2.45) is 0 Å². The average Bonchev–Trinajstić information content (AvgIpc) is 2.86. The second kappa shape index (κ2) is 4.31. The molecule has 0 atom stereocenters. The fraction of sp³-hybridized carbons (Fsp3) is 0.222. The summed E-state index contributed by atoms with van der Waals surface area (Å²) in [5.74, 6) is -0.0231. The summed E-state index contributed by atoms with van der Waals surface area (Å²) in [6.45, 7) is 2.15. The maximum Gasteiger partial charge on any atom is 0.257 e. The zero-order chi connectivity index (χ0) is 11.5. The molecule has 0 aromatic carbocycles. The molecule has 2 rings (SSSR count). The number of H-pyrrole nitrogens is 1. The number of aromatic nitrogens is 3. The molecule has 0 spiro atoms. The Morgan fingerprint density at radius 3 is 3.06 bits per heavy atom. The number of hydrogen-bond acceptors (Lipinski definition) is 5. The molecule has 0 aliphatic rings. The topological polar surface area (TPSA) is 96.7 Å². The summed E-state index contributed by atoms with van der Waals surface area (Å²) in [7, 11) is 0. The zero-order valence-corrected chi connectivity index (χ0v) is 9.47.